The molecule has 182 valence electrons. The quantitative estimate of drug-likeness (QED) is 0.298. The van der Waals surface area contributed by atoms with Gasteiger partial charge < -0.3 is 14.7 Å². The van der Waals surface area contributed by atoms with Crippen LogP contribution in [0.1, 0.15) is 53.6 Å². The zero-order valence-electron chi connectivity index (χ0n) is 21.1. The van der Waals surface area contributed by atoms with Gasteiger partial charge in [-0.05, 0) is 67.2 Å². The van der Waals surface area contributed by atoms with Crippen LogP contribution >= 0.6 is 12.2 Å². The molecule has 1 unspecified atom stereocenters. The van der Waals surface area contributed by atoms with Crippen molar-refractivity contribution in [1.82, 2.24) is 20.4 Å². The van der Waals surface area contributed by atoms with E-state index >= 15 is 0 Å². The minimum atomic E-state index is -0.195. The summed E-state index contributed by atoms with van der Waals surface area (Å²) in [5, 5.41) is 8.56. The van der Waals surface area contributed by atoms with Crippen LogP contribution in [-0.4, -0.2) is 20.2 Å². The highest BCUT2D eigenvalue weighted by molar-refractivity contribution is 7.80. The summed E-state index contributed by atoms with van der Waals surface area (Å²) >= 11 is 5.89. The number of aromatic nitrogens is 2. The summed E-state index contributed by atoms with van der Waals surface area (Å²) in [4.78, 5) is 6.93. The normalized spacial score (nSPS) is 15.8. The SMILES string of the molecule is CCc1ccc(CN2C(=S)NC(c3ccc(C)c(C)c3)C(c3nc(-c4ccccc4)no3)=C2C)cc1. The molecule has 0 spiro atoms. The smallest absolute Gasteiger partial charge is 0.258 e. The van der Waals surface area contributed by atoms with Crippen LogP contribution in [0.25, 0.3) is 17.0 Å². The van der Waals surface area contributed by atoms with Crippen molar-refractivity contribution >= 4 is 22.9 Å². The molecule has 1 aromatic heterocycles. The average molecular weight is 495 g/mol. The van der Waals surface area contributed by atoms with Gasteiger partial charge in [-0.25, -0.2) is 0 Å². The van der Waals surface area contributed by atoms with Crippen LogP contribution in [0.15, 0.2) is 83.0 Å². The van der Waals surface area contributed by atoms with Gasteiger partial charge in [0.25, 0.3) is 5.89 Å². The molecule has 3 aromatic carbocycles. The first-order chi connectivity index (χ1) is 17.4. The lowest BCUT2D eigenvalue weighted by atomic mass is 9.92. The number of thiocarbonyl (C=S) groups is 1. The Balaban J connectivity index is 1.59. The van der Waals surface area contributed by atoms with Crippen molar-refractivity contribution in [3.05, 3.63) is 112 Å². The maximum absolute atomic E-state index is 5.89. The van der Waals surface area contributed by atoms with Crippen molar-refractivity contribution in [2.24, 2.45) is 0 Å². The molecule has 4 aromatic rings. The molecule has 1 aliphatic rings. The van der Waals surface area contributed by atoms with Crippen molar-refractivity contribution < 1.29 is 4.52 Å². The first kappa shape index (κ1) is 23.9. The Hall–Kier alpha value is -3.77. The lowest BCUT2D eigenvalue weighted by Crippen LogP contribution is -2.45. The molecule has 1 aliphatic heterocycles. The summed E-state index contributed by atoms with van der Waals surface area (Å²) in [6.45, 7) is 9.16. The first-order valence-electron chi connectivity index (χ1n) is 12.3. The zero-order chi connectivity index (χ0) is 25.2. The topological polar surface area (TPSA) is 54.2 Å². The Bertz CT molecular complexity index is 1420. The molecule has 0 fully saturated rings. The molecule has 2 heterocycles. The van der Waals surface area contributed by atoms with Gasteiger partial charge in [-0.2, -0.15) is 4.98 Å². The van der Waals surface area contributed by atoms with Crippen LogP contribution in [0, 0.1) is 13.8 Å². The fraction of sp³-hybridized carbons (Fsp3) is 0.233. The van der Waals surface area contributed by atoms with Gasteiger partial charge in [0.1, 0.15) is 0 Å². The minimum Gasteiger partial charge on any atom is -0.351 e. The van der Waals surface area contributed by atoms with Crippen LogP contribution < -0.4 is 5.32 Å². The van der Waals surface area contributed by atoms with Gasteiger partial charge in [0.05, 0.1) is 11.6 Å². The van der Waals surface area contributed by atoms with Crippen LogP contribution in [0.5, 0.6) is 0 Å². The van der Waals surface area contributed by atoms with E-state index in [1.54, 1.807) is 0 Å². The summed E-state index contributed by atoms with van der Waals surface area (Å²) in [5.41, 5.74) is 8.96. The third-order valence-electron chi connectivity index (χ3n) is 6.92. The first-order valence-corrected chi connectivity index (χ1v) is 12.7. The molecule has 0 amide bonds. The van der Waals surface area contributed by atoms with Gasteiger partial charge in [-0.15, -0.1) is 0 Å². The molecular formula is C30H30N4OS. The third-order valence-corrected chi connectivity index (χ3v) is 7.26. The number of rotatable bonds is 6. The summed E-state index contributed by atoms with van der Waals surface area (Å²) in [6.07, 6.45) is 1.02. The predicted molar refractivity (Wildman–Crippen MR) is 148 cm³/mol. The van der Waals surface area contributed by atoms with Crippen molar-refractivity contribution in [1.29, 1.82) is 0 Å². The molecule has 0 radical (unpaired) electrons. The van der Waals surface area contributed by atoms with Gasteiger partial charge in [-0.1, -0.05) is 84.9 Å². The largest absolute Gasteiger partial charge is 0.351 e. The molecule has 5 rings (SSSR count). The van der Waals surface area contributed by atoms with E-state index in [4.69, 9.17) is 21.7 Å². The fourth-order valence-electron chi connectivity index (χ4n) is 4.54. The van der Waals surface area contributed by atoms with Crippen molar-refractivity contribution in [2.75, 3.05) is 0 Å². The third kappa shape index (κ3) is 4.69. The number of benzene rings is 3. The average Bonchev–Trinajstić information content (AvgIpc) is 3.38. The predicted octanol–water partition coefficient (Wildman–Crippen LogP) is 6.78. The van der Waals surface area contributed by atoms with E-state index < -0.39 is 0 Å². The van der Waals surface area contributed by atoms with E-state index in [1.807, 2.05) is 30.3 Å². The second kappa shape index (κ2) is 10.1. The summed E-state index contributed by atoms with van der Waals surface area (Å²) in [6, 6.07) is 24.9. The molecule has 36 heavy (non-hydrogen) atoms. The number of nitrogens with one attached hydrogen (secondary N) is 1. The van der Waals surface area contributed by atoms with Gasteiger partial charge >= 0.3 is 0 Å². The van der Waals surface area contributed by atoms with Crippen LogP contribution in [-0.2, 0) is 13.0 Å². The summed E-state index contributed by atoms with van der Waals surface area (Å²) in [7, 11) is 0. The number of hydrogen-bond acceptors (Lipinski definition) is 4. The van der Waals surface area contributed by atoms with E-state index in [2.05, 4.69) is 85.5 Å². The van der Waals surface area contributed by atoms with E-state index in [9.17, 15) is 0 Å². The molecular weight excluding hydrogens is 464 g/mol. The van der Waals surface area contributed by atoms with Crippen molar-refractivity contribution in [2.45, 2.75) is 46.7 Å². The van der Waals surface area contributed by atoms with E-state index in [-0.39, 0.29) is 6.04 Å². The maximum Gasteiger partial charge on any atom is 0.258 e. The van der Waals surface area contributed by atoms with E-state index in [0.29, 0.717) is 23.4 Å². The van der Waals surface area contributed by atoms with E-state index in [1.165, 1.54) is 22.3 Å². The van der Waals surface area contributed by atoms with Gasteiger partial charge in [0, 0.05) is 17.8 Å². The Morgan fingerprint density at radius 3 is 2.33 bits per heavy atom. The lowest BCUT2D eigenvalue weighted by molar-refractivity contribution is 0.396. The highest BCUT2D eigenvalue weighted by atomic mass is 32.1. The molecule has 1 N–H and O–H groups in total. The number of allylic oxidation sites excluding steroid dienone is 1. The van der Waals surface area contributed by atoms with Crippen molar-refractivity contribution in [3.63, 3.8) is 0 Å². The standard InChI is InChI=1S/C30H30N4OS/c1-5-22-12-14-23(15-13-22)18-34-21(4)26(29-32-28(33-35-29)24-9-7-6-8-10-24)27(31-30(34)36)25-16-11-19(2)20(3)17-25/h6-17,27H,5,18H2,1-4H3,(H,31,36). The highest BCUT2D eigenvalue weighted by Crippen LogP contribution is 2.38. The maximum atomic E-state index is 5.89. The van der Waals surface area contributed by atoms with Gasteiger partial charge in [0.2, 0.25) is 5.82 Å². The molecule has 0 saturated heterocycles. The Morgan fingerprint density at radius 2 is 1.64 bits per heavy atom. The highest BCUT2D eigenvalue weighted by Gasteiger charge is 2.34. The Labute approximate surface area is 217 Å². The van der Waals surface area contributed by atoms with Crippen LogP contribution in [0.2, 0.25) is 0 Å². The second-order valence-corrected chi connectivity index (χ2v) is 9.66. The second-order valence-electron chi connectivity index (χ2n) is 9.27. The number of nitrogens with zero attached hydrogens (tertiary/aromatic N) is 3. The monoisotopic (exact) mass is 494 g/mol. The van der Waals surface area contributed by atoms with Gasteiger partial charge in [-0.3, -0.25) is 0 Å². The minimum absolute atomic E-state index is 0.195. The Kier molecular flexibility index (Phi) is 6.70. The molecule has 6 heteroatoms. The fourth-order valence-corrected chi connectivity index (χ4v) is 4.86. The summed E-state index contributed by atoms with van der Waals surface area (Å²) < 4.78 is 5.87. The van der Waals surface area contributed by atoms with E-state index in [0.717, 1.165) is 28.8 Å². The molecule has 0 aliphatic carbocycles. The zero-order valence-corrected chi connectivity index (χ0v) is 21.9. The molecule has 0 bridgehead atoms. The van der Waals surface area contributed by atoms with Crippen molar-refractivity contribution in [3.8, 4) is 11.4 Å². The molecule has 1 atom stereocenters. The Morgan fingerprint density at radius 1 is 0.917 bits per heavy atom. The number of aryl methyl sites for hydroxylation is 3. The van der Waals surface area contributed by atoms with Crippen LogP contribution in [0.3, 0.4) is 0 Å². The number of hydrogen-bond donors (Lipinski definition) is 1. The molecule has 0 saturated carbocycles. The van der Waals surface area contributed by atoms with Crippen LogP contribution in [0.4, 0.5) is 0 Å². The molecule has 5 nitrogen and oxygen atoms in total. The summed E-state index contributed by atoms with van der Waals surface area (Å²) in [5.74, 6) is 1.07. The lowest BCUT2D eigenvalue weighted by Gasteiger charge is -2.37. The van der Waals surface area contributed by atoms with Gasteiger partial charge in [0.15, 0.2) is 5.11 Å².